The molecule has 0 aliphatic rings. The number of rotatable bonds is 5. The Morgan fingerprint density at radius 2 is 2.05 bits per heavy atom. The van der Waals surface area contributed by atoms with Crippen molar-refractivity contribution in [1.82, 2.24) is 4.98 Å². The third-order valence-electron chi connectivity index (χ3n) is 2.88. The Kier molecular flexibility index (Phi) is 4.74. The molecule has 2 rings (SSSR count). The SMILES string of the molecule is CCCOc1cncc(C(=O)c2ccc(C)c(Cl)c2)c1. The Bertz CT molecular complexity index is 626. The molecule has 0 radical (unpaired) electrons. The van der Waals surface area contributed by atoms with E-state index in [2.05, 4.69) is 4.98 Å². The normalized spacial score (nSPS) is 10.3. The number of benzene rings is 1. The summed E-state index contributed by atoms with van der Waals surface area (Å²) in [6, 6.07) is 6.99. The molecule has 1 heterocycles. The van der Waals surface area contributed by atoms with Crippen molar-refractivity contribution in [2.24, 2.45) is 0 Å². The molecule has 1 aromatic carbocycles. The second kappa shape index (κ2) is 6.53. The lowest BCUT2D eigenvalue weighted by atomic mass is 10.0. The van der Waals surface area contributed by atoms with Crippen molar-refractivity contribution >= 4 is 17.4 Å². The van der Waals surface area contributed by atoms with Crippen molar-refractivity contribution in [1.29, 1.82) is 0 Å². The van der Waals surface area contributed by atoms with Gasteiger partial charge >= 0.3 is 0 Å². The maximum absolute atomic E-state index is 12.4. The standard InChI is InChI=1S/C16H16ClNO2/c1-3-6-20-14-7-13(9-18-10-14)16(19)12-5-4-11(2)15(17)8-12/h4-5,7-10H,3,6H2,1-2H3. The second-order valence-corrected chi connectivity index (χ2v) is 4.96. The zero-order valence-corrected chi connectivity index (χ0v) is 12.3. The number of halogens is 1. The van der Waals surface area contributed by atoms with Gasteiger partial charge in [0, 0.05) is 22.3 Å². The average molecular weight is 290 g/mol. The van der Waals surface area contributed by atoms with Crippen LogP contribution in [0.25, 0.3) is 0 Å². The van der Waals surface area contributed by atoms with Crippen LogP contribution in [0, 0.1) is 6.92 Å². The van der Waals surface area contributed by atoms with Gasteiger partial charge in [0.25, 0.3) is 0 Å². The summed E-state index contributed by atoms with van der Waals surface area (Å²) >= 11 is 6.05. The second-order valence-electron chi connectivity index (χ2n) is 4.55. The van der Waals surface area contributed by atoms with Crippen molar-refractivity contribution in [2.45, 2.75) is 20.3 Å². The minimum Gasteiger partial charge on any atom is -0.492 e. The molecular weight excluding hydrogens is 274 g/mol. The molecule has 0 fully saturated rings. The molecule has 0 unspecified atom stereocenters. The zero-order chi connectivity index (χ0) is 14.5. The fourth-order valence-electron chi connectivity index (χ4n) is 1.74. The monoisotopic (exact) mass is 289 g/mol. The van der Waals surface area contributed by atoms with Crippen LogP contribution in [0.4, 0.5) is 0 Å². The summed E-state index contributed by atoms with van der Waals surface area (Å²) in [6.07, 6.45) is 4.05. The number of hydrogen-bond acceptors (Lipinski definition) is 3. The minimum atomic E-state index is -0.110. The summed E-state index contributed by atoms with van der Waals surface area (Å²) < 4.78 is 5.48. The lowest BCUT2D eigenvalue weighted by Crippen LogP contribution is -2.04. The smallest absolute Gasteiger partial charge is 0.194 e. The van der Waals surface area contributed by atoms with Crippen LogP contribution < -0.4 is 4.74 Å². The molecule has 2 aromatic rings. The molecule has 104 valence electrons. The van der Waals surface area contributed by atoms with E-state index in [-0.39, 0.29) is 5.78 Å². The Labute approximate surface area is 123 Å². The predicted molar refractivity (Wildman–Crippen MR) is 79.6 cm³/mol. The minimum absolute atomic E-state index is 0.110. The predicted octanol–water partition coefficient (Wildman–Crippen LogP) is 4.06. The Morgan fingerprint density at radius 3 is 2.75 bits per heavy atom. The van der Waals surface area contributed by atoms with Crippen molar-refractivity contribution in [3.8, 4) is 5.75 Å². The molecule has 0 amide bonds. The van der Waals surface area contributed by atoms with E-state index in [1.165, 1.54) is 6.20 Å². The molecule has 1 aromatic heterocycles. The maximum atomic E-state index is 12.4. The summed E-state index contributed by atoms with van der Waals surface area (Å²) in [5.41, 5.74) is 2.00. The van der Waals surface area contributed by atoms with Crippen molar-refractivity contribution in [2.75, 3.05) is 6.61 Å². The first-order valence-corrected chi connectivity index (χ1v) is 6.88. The number of carbonyl (C=O) groups excluding carboxylic acids is 1. The molecule has 0 N–H and O–H groups in total. The van der Waals surface area contributed by atoms with Gasteiger partial charge in [0.05, 0.1) is 12.8 Å². The number of aromatic nitrogens is 1. The largest absolute Gasteiger partial charge is 0.492 e. The molecule has 0 saturated carbocycles. The van der Waals surface area contributed by atoms with Crippen LogP contribution >= 0.6 is 11.6 Å². The number of ether oxygens (including phenoxy) is 1. The van der Waals surface area contributed by atoms with Gasteiger partial charge in [-0.1, -0.05) is 30.7 Å². The van der Waals surface area contributed by atoms with Crippen LogP contribution in [0.1, 0.15) is 34.8 Å². The number of carbonyl (C=O) groups is 1. The third-order valence-corrected chi connectivity index (χ3v) is 3.29. The Balaban J connectivity index is 2.26. The highest BCUT2D eigenvalue weighted by atomic mass is 35.5. The van der Waals surface area contributed by atoms with Crippen LogP contribution in [-0.2, 0) is 0 Å². The first-order valence-electron chi connectivity index (χ1n) is 6.50. The van der Waals surface area contributed by atoms with Gasteiger partial charge in [0.2, 0.25) is 0 Å². The fourth-order valence-corrected chi connectivity index (χ4v) is 1.92. The highest BCUT2D eigenvalue weighted by Gasteiger charge is 2.11. The van der Waals surface area contributed by atoms with Gasteiger partial charge in [-0.2, -0.15) is 0 Å². The molecule has 0 spiro atoms. The van der Waals surface area contributed by atoms with Crippen LogP contribution in [0.15, 0.2) is 36.7 Å². The molecule has 0 bridgehead atoms. The van der Waals surface area contributed by atoms with Gasteiger partial charge < -0.3 is 4.74 Å². The van der Waals surface area contributed by atoms with E-state index in [1.54, 1.807) is 24.4 Å². The molecule has 0 aliphatic heterocycles. The van der Waals surface area contributed by atoms with E-state index in [1.807, 2.05) is 19.9 Å². The molecule has 4 heteroatoms. The Morgan fingerprint density at radius 1 is 1.25 bits per heavy atom. The number of nitrogens with zero attached hydrogens (tertiary/aromatic N) is 1. The highest BCUT2D eigenvalue weighted by Crippen LogP contribution is 2.20. The number of ketones is 1. The third kappa shape index (κ3) is 3.36. The molecule has 20 heavy (non-hydrogen) atoms. The first-order chi connectivity index (χ1) is 9.61. The molecular formula is C16H16ClNO2. The highest BCUT2D eigenvalue weighted by molar-refractivity contribution is 6.31. The van der Waals surface area contributed by atoms with Gasteiger partial charge in [-0.25, -0.2) is 0 Å². The Hall–Kier alpha value is -1.87. The average Bonchev–Trinajstić information content (AvgIpc) is 2.47. The van der Waals surface area contributed by atoms with E-state index >= 15 is 0 Å². The van der Waals surface area contributed by atoms with Crippen LogP contribution in [0.5, 0.6) is 5.75 Å². The summed E-state index contributed by atoms with van der Waals surface area (Å²) in [4.78, 5) is 16.4. The van der Waals surface area contributed by atoms with Gasteiger partial charge in [0.1, 0.15) is 5.75 Å². The molecule has 0 saturated heterocycles. The first kappa shape index (κ1) is 14.5. The number of aryl methyl sites for hydroxylation is 1. The maximum Gasteiger partial charge on any atom is 0.194 e. The summed E-state index contributed by atoms with van der Waals surface area (Å²) in [5.74, 6) is 0.497. The van der Waals surface area contributed by atoms with E-state index in [0.29, 0.717) is 28.5 Å². The van der Waals surface area contributed by atoms with Crippen LogP contribution in [0.3, 0.4) is 0 Å². The lowest BCUT2D eigenvalue weighted by molar-refractivity contribution is 0.103. The van der Waals surface area contributed by atoms with E-state index < -0.39 is 0 Å². The summed E-state index contributed by atoms with van der Waals surface area (Å²) in [5, 5.41) is 0.585. The quantitative estimate of drug-likeness (QED) is 0.779. The lowest BCUT2D eigenvalue weighted by Gasteiger charge is -2.07. The van der Waals surface area contributed by atoms with Gasteiger partial charge in [-0.05, 0) is 31.0 Å². The molecule has 0 atom stereocenters. The van der Waals surface area contributed by atoms with E-state index in [0.717, 1.165) is 12.0 Å². The van der Waals surface area contributed by atoms with Crippen molar-refractivity contribution < 1.29 is 9.53 Å². The van der Waals surface area contributed by atoms with Gasteiger partial charge in [-0.3, -0.25) is 9.78 Å². The van der Waals surface area contributed by atoms with Gasteiger partial charge in [0.15, 0.2) is 5.78 Å². The molecule has 3 nitrogen and oxygen atoms in total. The van der Waals surface area contributed by atoms with Gasteiger partial charge in [-0.15, -0.1) is 0 Å². The summed E-state index contributed by atoms with van der Waals surface area (Å²) in [7, 11) is 0. The van der Waals surface area contributed by atoms with Crippen LogP contribution in [0.2, 0.25) is 5.02 Å². The number of hydrogen-bond donors (Lipinski definition) is 0. The fraction of sp³-hybridized carbons (Fsp3) is 0.250. The topological polar surface area (TPSA) is 39.2 Å². The zero-order valence-electron chi connectivity index (χ0n) is 11.5. The molecule has 0 aliphatic carbocycles. The number of pyridine rings is 1. The van der Waals surface area contributed by atoms with Crippen molar-refractivity contribution in [3.63, 3.8) is 0 Å². The van der Waals surface area contributed by atoms with Crippen molar-refractivity contribution in [3.05, 3.63) is 58.4 Å². The summed E-state index contributed by atoms with van der Waals surface area (Å²) in [6.45, 7) is 4.53. The van der Waals surface area contributed by atoms with Crippen LogP contribution in [-0.4, -0.2) is 17.4 Å². The van der Waals surface area contributed by atoms with E-state index in [9.17, 15) is 4.79 Å². The van der Waals surface area contributed by atoms with E-state index in [4.69, 9.17) is 16.3 Å².